The lowest BCUT2D eigenvalue weighted by Crippen LogP contribution is -1.81. The molecule has 0 saturated heterocycles. The maximum absolute atomic E-state index is 8.92. The molecule has 0 fully saturated rings. The highest BCUT2D eigenvalue weighted by molar-refractivity contribution is 6.40. The lowest BCUT2D eigenvalue weighted by Gasteiger charge is -1.92. The third kappa shape index (κ3) is 15.5. The summed E-state index contributed by atoms with van der Waals surface area (Å²) in [6, 6.07) is 7.25. The largest absolute Gasteiger partial charge is 0.508 e. The Kier molecular flexibility index (Phi) is 11.8. The van der Waals surface area contributed by atoms with E-state index in [1.165, 1.54) is 0 Å². The Balaban J connectivity index is 0. The van der Waals surface area contributed by atoms with E-state index in [-0.39, 0.29) is 5.34 Å². The van der Waals surface area contributed by atoms with Gasteiger partial charge in [-0.2, -0.15) is 0 Å². The van der Waals surface area contributed by atoms with E-state index in [4.69, 9.17) is 43.6 Å². The summed E-state index contributed by atoms with van der Waals surface area (Å²) in [5.74, 6) is 0.368. The lowest BCUT2D eigenvalue weighted by molar-refractivity contribution is -0.742. The van der Waals surface area contributed by atoms with Gasteiger partial charge in [-0.3, -0.25) is 0 Å². The van der Waals surface area contributed by atoms with Crippen LogP contribution in [0.15, 0.2) is 24.3 Å². The van der Waals surface area contributed by atoms with Crippen LogP contribution < -0.4 is 0 Å². The molecule has 0 unspecified atom stereocenters. The number of nitrogens with zero attached hydrogens (tertiary/aromatic N) is 1. The van der Waals surface area contributed by atoms with Gasteiger partial charge in [0.1, 0.15) is 5.75 Å². The minimum Gasteiger partial charge on any atom is -0.508 e. The summed E-state index contributed by atoms with van der Waals surface area (Å²) in [6.07, 6.45) is 0. The van der Waals surface area contributed by atoms with Gasteiger partial charge >= 0.3 is 0 Å². The van der Waals surface area contributed by atoms with Crippen molar-refractivity contribution in [2.24, 2.45) is 0 Å². The SMILES string of the molecule is Cc1ccccc1O.ClCCl.O=[N+]([O-])O. The molecule has 0 atom stereocenters. The standard InChI is InChI=1S/C7H8O.CH2Cl2.HNO3/c1-6-4-2-3-5-7(6)8;2-1-3;2-1(3)4/h2-5,8H,1H3;1H2;(H,2,3,4). The van der Waals surface area contributed by atoms with Crippen molar-refractivity contribution < 1.29 is 15.4 Å². The Labute approximate surface area is 97.0 Å². The van der Waals surface area contributed by atoms with E-state index in [1.807, 2.05) is 25.1 Å². The zero-order valence-corrected chi connectivity index (χ0v) is 9.44. The molecule has 1 aromatic rings. The van der Waals surface area contributed by atoms with Gasteiger partial charge in [0.05, 0.1) is 5.34 Å². The molecule has 0 aromatic heterocycles. The van der Waals surface area contributed by atoms with Gasteiger partial charge in [-0.1, -0.05) is 18.2 Å². The molecule has 0 radical (unpaired) electrons. The summed E-state index contributed by atoms with van der Waals surface area (Å²) < 4.78 is 0. The Bertz CT molecular complexity index is 258. The topological polar surface area (TPSA) is 83.6 Å². The second-order valence-electron chi connectivity index (χ2n) is 2.13. The first-order valence-electron chi connectivity index (χ1n) is 3.65. The van der Waals surface area contributed by atoms with E-state index in [0.29, 0.717) is 5.75 Å². The van der Waals surface area contributed by atoms with Crippen molar-refractivity contribution in [2.75, 3.05) is 5.34 Å². The van der Waals surface area contributed by atoms with Crippen LogP contribution in [0.2, 0.25) is 0 Å². The maximum Gasteiger partial charge on any atom is 0.291 e. The molecule has 1 aromatic carbocycles. The summed E-state index contributed by atoms with van der Waals surface area (Å²) in [4.78, 5) is 8.36. The van der Waals surface area contributed by atoms with Gasteiger partial charge < -0.3 is 10.3 Å². The maximum atomic E-state index is 8.92. The molecule has 0 amide bonds. The molecule has 0 saturated carbocycles. The van der Waals surface area contributed by atoms with Gasteiger partial charge in [0.2, 0.25) is 0 Å². The van der Waals surface area contributed by atoms with E-state index in [1.54, 1.807) is 6.07 Å². The number of hydrogen-bond acceptors (Lipinski definition) is 3. The van der Waals surface area contributed by atoms with Crippen LogP contribution in [0.4, 0.5) is 0 Å². The molecule has 0 aliphatic carbocycles. The zero-order valence-electron chi connectivity index (χ0n) is 7.93. The highest BCUT2D eigenvalue weighted by Gasteiger charge is 1.86. The second kappa shape index (κ2) is 10.9. The van der Waals surface area contributed by atoms with Crippen molar-refractivity contribution in [1.82, 2.24) is 0 Å². The summed E-state index contributed by atoms with van der Waals surface area (Å²) >= 11 is 9.53. The number of phenols is 1. The van der Waals surface area contributed by atoms with Crippen molar-refractivity contribution in [2.45, 2.75) is 6.92 Å². The van der Waals surface area contributed by atoms with E-state index in [2.05, 4.69) is 0 Å². The van der Waals surface area contributed by atoms with Crippen LogP contribution in [0, 0.1) is 17.0 Å². The average Bonchev–Trinajstić information content (AvgIpc) is 2.10. The van der Waals surface area contributed by atoms with E-state index >= 15 is 0 Å². The summed E-state index contributed by atoms with van der Waals surface area (Å²) in [7, 11) is 0. The first-order chi connectivity index (χ1) is 6.95. The fourth-order valence-electron chi connectivity index (χ4n) is 0.563. The molecule has 0 heterocycles. The Morgan fingerprint density at radius 1 is 1.40 bits per heavy atom. The van der Waals surface area contributed by atoms with E-state index in [0.717, 1.165) is 5.56 Å². The van der Waals surface area contributed by atoms with E-state index in [9.17, 15) is 0 Å². The van der Waals surface area contributed by atoms with Crippen LogP contribution in [0.5, 0.6) is 5.75 Å². The molecule has 0 bridgehead atoms. The summed E-state index contributed by atoms with van der Waals surface area (Å²) in [6.45, 7) is 1.87. The van der Waals surface area contributed by atoms with Crippen LogP contribution in [0.25, 0.3) is 0 Å². The highest BCUT2D eigenvalue weighted by Crippen LogP contribution is 2.12. The fraction of sp³-hybridized carbons (Fsp3) is 0.250. The van der Waals surface area contributed by atoms with Crippen LogP contribution in [-0.2, 0) is 0 Å². The molecule has 0 spiro atoms. The van der Waals surface area contributed by atoms with E-state index < -0.39 is 5.09 Å². The third-order valence-electron chi connectivity index (χ3n) is 1.12. The van der Waals surface area contributed by atoms with Gasteiger partial charge in [-0.05, 0) is 18.6 Å². The Hall–Kier alpha value is -1.20. The van der Waals surface area contributed by atoms with Gasteiger partial charge in [0.25, 0.3) is 5.09 Å². The second-order valence-corrected chi connectivity index (χ2v) is 2.93. The molecule has 1 rings (SSSR count). The molecule has 5 nitrogen and oxygen atoms in total. The van der Waals surface area contributed by atoms with Crippen molar-refractivity contribution in [3.05, 3.63) is 39.9 Å². The van der Waals surface area contributed by atoms with Crippen LogP contribution >= 0.6 is 23.2 Å². The summed E-state index contributed by atoms with van der Waals surface area (Å²) in [5, 5.41) is 22.8. The zero-order chi connectivity index (χ0) is 12.3. The lowest BCUT2D eigenvalue weighted by atomic mass is 10.2. The average molecular weight is 256 g/mol. The van der Waals surface area contributed by atoms with Crippen molar-refractivity contribution in [1.29, 1.82) is 0 Å². The van der Waals surface area contributed by atoms with Crippen LogP contribution in [0.3, 0.4) is 0 Å². The predicted molar refractivity (Wildman–Crippen MR) is 58.2 cm³/mol. The molecule has 86 valence electrons. The van der Waals surface area contributed by atoms with Crippen molar-refractivity contribution in [3.8, 4) is 5.75 Å². The monoisotopic (exact) mass is 255 g/mol. The number of aromatic hydroxyl groups is 1. The number of phenolic OH excluding ortho intramolecular Hbond substituents is 1. The minimum atomic E-state index is -1.50. The number of benzene rings is 1. The highest BCUT2D eigenvalue weighted by atomic mass is 35.5. The molecular weight excluding hydrogens is 245 g/mol. The quantitative estimate of drug-likeness (QED) is 0.424. The number of hydrogen-bond donors (Lipinski definition) is 2. The number of aryl methyl sites for hydroxylation is 1. The first-order valence-corrected chi connectivity index (χ1v) is 4.72. The first kappa shape index (κ1) is 16.2. The van der Waals surface area contributed by atoms with Gasteiger partial charge in [0, 0.05) is 0 Å². The van der Waals surface area contributed by atoms with Crippen molar-refractivity contribution in [3.63, 3.8) is 0 Å². The number of para-hydroxylation sites is 1. The normalized spacial score (nSPS) is 7.67. The van der Waals surface area contributed by atoms with Crippen LogP contribution in [-0.4, -0.2) is 20.7 Å². The van der Waals surface area contributed by atoms with Gasteiger partial charge in [-0.25, -0.2) is 0 Å². The van der Waals surface area contributed by atoms with Gasteiger partial charge in [0.15, 0.2) is 0 Å². The molecular formula is C8H11Cl2NO4. The number of halogens is 2. The van der Waals surface area contributed by atoms with Crippen LogP contribution in [0.1, 0.15) is 5.56 Å². The van der Waals surface area contributed by atoms with Crippen molar-refractivity contribution >= 4 is 23.2 Å². The molecule has 7 heteroatoms. The third-order valence-corrected chi connectivity index (χ3v) is 1.12. The molecule has 0 aliphatic rings. The molecule has 2 N–H and O–H groups in total. The summed E-state index contributed by atoms with van der Waals surface area (Å²) in [5.41, 5.74) is 0.924. The predicted octanol–water partition coefficient (Wildman–Crippen LogP) is 2.77. The molecule has 15 heavy (non-hydrogen) atoms. The van der Waals surface area contributed by atoms with Gasteiger partial charge in [-0.15, -0.1) is 33.3 Å². The Morgan fingerprint density at radius 3 is 1.93 bits per heavy atom. The smallest absolute Gasteiger partial charge is 0.291 e. The minimum absolute atomic E-state index is 0.194. The number of alkyl halides is 2. The molecule has 0 aliphatic heterocycles. The number of rotatable bonds is 0. The fourth-order valence-corrected chi connectivity index (χ4v) is 0.563. The Morgan fingerprint density at radius 2 is 1.73 bits per heavy atom.